The molecule has 0 heterocycles. The molecule has 0 radical (unpaired) electrons. The summed E-state index contributed by atoms with van der Waals surface area (Å²) in [7, 11) is 0. The number of anilines is 2. The molecule has 0 aliphatic carbocycles. The molecule has 7 heteroatoms. The summed E-state index contributed by atoms with van der Waals surface area (Å²) < 4.78 is 18.7. The van der Waals surface area contributed by atoms with Crippen LogP contribution in [0.5, 0.6) is 0 Å². The van der Waals surface area contributed by atoms with Gasteiger partial charge in [0.25, 0.3) is 5.91 Å². The van der Waals surface area contributed by atoms with Crippen LogP contribution >= 0.6 is 0 Å². The van der Waals surface area contributed by atoms with Crippen molar-refractivity contribution in [1.82, 2.24) is 5.32 Å². The SMILES string of the molecule is CCCCOCCCNC(=O)Nc1cccc(C(=O)Nc2cccc(F)c2)c1. The third-order valence-electron chi connectivity index (χ3n) is 3.86. The number of carbonyl (C=O) groups is 2. The maximum atomic E-state index is 13.2. The molecule has 3 amide bonds. The fraction of sp³-hybridized carbons (Fsp3) is 0.333. The number of amides is 3. The van der Waals surface area contributed by atoms with Gasteiger partial charge in [-0.1, -0.05) is 25.5 Å². The average molecular weight is 387 g/mol. The normalized spacial score (nSPS) is 10.4. The van der Waals surface area contributed by atoms with E-state index >= 15 is 0 Å². The van der Waals surface area contributed by atoms with E-state index in [0.717, 1.165) is 25.9 Å². The highest BCUT2D eigenvalue weighted by Gasteiger charge is 2.09. The van der Waals surface area contributed by atoms with Crippen LogP contribution in [0.15, 0.2) is 48.5 Å². The number of halogens is 1. The molecule has 0 aliphatic heterocycles. The minimum absolute atomic E-state index is 0.351. The predicted molar refractivity (Wildman–Crippen MR) is 108 cm³/mol. The van der Waals surface area contributed by atoms with E-state index in [0.29, 0.717) is 30.1 Å². The second kappa shape index (κ2) is 11.7. The Bertz CT molecular complexity index is 783. The molecule has 0 aliphatic rings. The van der Waals surface area contributed by atoms with Crippen molar-refractivity contribution in [2.24, 2.45) is 0 Å². The summed E-state index contributed by atoms with van der Waals surface area (Å²) in [5, 5.41) is 8.06. The van der Waals surface area contributed by atoms with Gasteiger partial charge in [0.2, 0.25) is 0 Å². The van der Waals surface area contributed by atoms with Crippen LogP contribution in [0.4, 0.5) is 20.6 Å². The standard InChI is InChI=1S/C21H26FN3O3/c1-2-3-12-28-13-6-11-23-21(27)25-18-9-4-7-16(14-18)20(26)24-19-10-5-8-17(22)15-19/h4-5,7-10,14-15H,2-3,6,11-13H2,1H3,(H,24,26)(H2,23,25,27). The number of ether oxygens (including phenoxy) is 1. The van der Waals surface area contributed by atoms with E-state index < -0.39 is 5.82 Å². The molecule has 2 aromatic carbocycles. The summed E-state index contributed by atoms with van der Waals surface area (Å²) >= 11 is 0. The molecule has 0 saturated carbocycles. The molecule has 28 heavy (non-hydrogen) atoms. The topological polar surface area (TPSA) is 79.5 Å². The van der Waals surface area contributed by atoms with Gasteiger partial charge >= 0.3 is 6.03 Å². The zero-order valence-electron chi connectivity index (χ0n) is 16.0. The molecular weight excluding hydrogens is 361 g/mol. The second-order valence-electron chi connectivity index (χ2n) is 6.25. The monoisotopic (exact) mass is 387 g/mol. The van der Waals surface area contributed by atoms with Crippen LogP contribution in [-0.4, -0.2) is 31.7 Å². The molecule has 150 valence electrons. The molecule has 0 atom stereocenters. The highest BCUT2D eigenvalue weighted by Crippen LogP contribution is 2.14. The van der Waals surface area contributed by atoms with Crippen molar-refractivity contribution in [2.45, 2.75) is 26.2 Å². The fourth-order valence-electron chi connectivity index (χ4n) is 2.41. The van der Waals surface area contributed by atoms with E-state index in [9.17, 15) is 14.0 Å². The third kappa shape index (κ3) is 7.75. The van der Waals surface area contributed by atoms with Crippen LogP contribution in [0.3, 0.4) is 0 Å². The molecule has 0 bridgehead atoms. The number of unbranched alkanes of at least 4 members (excludes halogenated alkanes) is 1. The first-order chi connectivity index (χ1) is 13.6. The lowest BCUT2D eigenvalue weighted by Gasteiger charge is -2.10. The van der Waals surface area contributed by atoms with E-state index in [4.69, 9.17) is 4.74 Å². The Kier molecular flexibility index (Phi) is 8.94. The van der Waals surface area contributed by atoms with Gasteiger partial charge < -0.3 is 20.7 Å². The van der Waals surface area contributed by atoms with Gasteiger partial charge in [0.05, 0.1) is 0 Å². The number of benzene rings is 2. The first kappa shape index (κ1) is 21.4. The quantitative estimate of drug-likeness (QED) is 0.529. The smallest absolute Gasteiger partial charge is 0.319 e. The van der Waals surface area contributed by atoms with Crippen LogP contribution in [-0.2, 0) is 4.74 Å². The first-order valence-corrected chi connectivity index (χ1v) is 9.38. The molecule has 0 aromatic heterocycles. The van der Waals surface area contributed by atoms with Crippen molar-refractivity contribution < 1.29 is 18.7 Å². The van der Waals surface area contributed by atoms with Crippen molar-refractivity contribution in [2.75, 3.05) is 30.4 Å². The number of rotatable bonds is 10. The fourth-order valence-corrected chi connectivity index (χ4v) is 2.41. The molecule has 2 aromatic rings. The van der Waals surface area contributed by atoms with Crippen LogP contribution in [0.1, 0.15) is 36.5 Å². The van der Waals surface area contributed by atoms with Crippen LogP contribution < -0.4 is 16.0 Å². The summed E-state index contributed by atoms with van der Waals surface area (Å²) in [6, 6.07) is 11.8. The number of nitrogens with one attached hydrogen (secondary N) is 3. The molecule has 0 saturated heterocycles. The maximum Gasteiger partial charge on any atom is 0.319 e. The van der Waals surface area contributed by atoms with Crippen molar-refractivity contribution in [1.29, 1.82) is 0 Å². The molecule has 0 unspecified atom stereocenters. The van der Waals surface area contributed by atoms with E-state index in [-0.39, 0.29) is 11.9 Å². The van der Waals surface area contributed by atoms with E-state index in [1.807, 2.05) is 0 Å². The van der Waals surface area contributed by atoms with Gasteiger partial charge in [0.15, 0.2) is 0 Å². The lowest BCUT2D eigenvalue weighted by Crippen LogP contribution is -2.30. The Morgan fingerprint density at radius 1 is 0.964 bits per heavy atom. The average Bonchev–Trinajstić information content (AvgIpc) is 2.67. The summed E-state index contributed by atoms with van der Waals surface area (Å²) in [6.45, 7) is 3.95. The maximum absolute atomic E-state index is 13.2. The van der Waals surface area contributed by atoms with Gasteiger partial charge in [-0.25, -0.2) is 9.18 Å². The Morgan fingerprint density at radius 2 is 1.68 bits per heavy atom. The Balaban J connectivity index is 1.78. The number of carbonyl (C=O) groups excluding carboxylic acids is 2. The van der Waals surface area contributed by atoms with Gasteiger partial charge in [-0.2, -0.15) is 0 Å². The Morgan fingerprint density at radius 3 is 2.43 bits per heavy atom. The molecule has 0 spiro atoms. The zero-order valence-corrected chi connectivity index (χ0v) is 16.0. The number of hydrogen-bond donors (Lipinski definition) is 3. The molecule has 0 fully saturated rings. The molecular formula is C21H26FN3O3. The summed E-state index contributed by atoms with van der Waals surface area (Å²) in [5.41, 5.74) is 1.21. The van der Waals surface area contributed by atoms with Crippen molar-refractivity contribution in [3.05, 3.63) is 59.9 Å². The van der Waals surface area contributed by atoms with Crippen molar-refractivity contribution >= 4 is 23.3 Å². The molecule has 2 rings (SSSR count). The van der Waals surface area contributed by atoms with Crippen LogP contribution in [0.25, 0.3) is 0 Å². The minimum Gasteiger partial charge on any atom is -0.381 e. The zero-order chi connectivity index (χ0) is 20.2. The van der Waals surface area contributed by atoms with Crippen LogP contribution in [0.2, 0.25) is 0 Å². The predicted octanol–water partition coefficient (Wildman–Crippen LogP) is 4.41. The van der Waals surface area contributed by atoms with Gasteiger partial charge in [0.1, 0.15) is 5.82 Å². The summed E-state index contributed by atoms with van der Waals surface area (Å²) in [5.74, 6) is -0.820. The Hall–Kier alpha value is -2.93. The van der Waals surface area contributed by atoms with Gasteiger partial charge in [0, 0.05) is 36.7 Å². The van der Waals surface area contributed by atoms with Gasteiger partial charge in [-0.05, 0) is 49.2 Å². The van der Waals surface area contributed by atoms with Gasteiger partial charge in [-0.15, -0.1) is 0 Å². The van der Waals surface area contributed by atoms with E-state index in [2.05, 4.69) is 22.9 Å². The number of hydrogen-bond acceptors (Lipinski definition) is 3. The molecule has 6 nitrogen and oxygen atoms in total. The summed E-state index contributed by atoms with van der Waals surface area (Å²) in [4.78, 5) is 24.3. The second-order valence-corrected chi connectivity index (χ2v) is 6.25. The summed E-state index contributed by atoms with van der Waals surface area (Å²) in [6.07, 6.45) is 2.87. The van der Waals surface area contributed by atoms with E-state index in [1.54, 1.807) is 30.3 Å². The lowest BCUT2D eigenvalue weighted by molar-refractivity contribution is 0.102. The molecule has 3 N–H and O–H groups in total. The van der Waals surface area contributed by atoms with Crippen LogP contribution in [0, 0.1) is 5.82 Å². The third-order valence-corrected chi connectivity index (χ3v) is 3.86. The van der Waals surface area contributed by atoms with Crippen molar-refractivity contribution in [3.63, 3.8) is 0 Å². The van der Waals surface area contributed by atoms with Crippen molar-refractivity contribution in [3.8, 4) is 0 Å². The van der Waals surface area contributed by atoms with E-state index in [1.165, 1.54) is 18.2 Å². The lowest BCUT2D eigenvalue weighted by atomic mass is 10.2. The first-order valence-electron chi connectivity index (χ1n) is 9.38. The number of urea groups is 1. The largest absolute Gasteiger partial charge is 0.381 e. The highest BCUT2D eigenvalue weighted by molar-refractivity contribution is 6.05. The Labute approximate surface area is 164 Å². The highest BCUT2D eigenvalue weighted by atomic mass is 19.1. The minimum atomic E-state index is -0.430. The van der Waals surface area contributed by atoms with Gasteiger partial charge in [-0.3, -0.25) is 4.79 Å².